The van der Waals surface area contributed by atoms with Gasteiger partial charge < -0.3 is 19.7 Å². The van der Waals surface area contributed by atoms with Crippen molar-refractivity contribution in [3.05, 3.63) is 59.4 Å². The zero-order valence-corrected chi connectivity index (χ0v) is 21.1. The summed E-state index contributed by atoms with van der Waals surface area (Å²) in [4.78, 5) is 20.7. The van der Waals surface area contributed by atoms with Crippen LogP contribution < -0.4 is 15.0 Å². The molecule has 2 fully saturated rings. The standard InChI is InChI=1S/C28H37FN4O3/c1-35-24-8-5-22-17-25(28(34)30-9-2-10-31-13-15-36-16-14-31)27-20-32(11-12-33(27)26(22)18-24)19-21-3-6-23(29)7-4-21/h3-8,18,25,27H,2,9-17,19-20H2,1H3,(H,30,34)/t25-,27+/m0/s1. The Morgan fingerprint density at radius 2 is 1.89 bits per heavy atom. The van der Waals surface area contributed by atoms with Crippen molar-refractivity contribution < 1.29 is 18.7 Å². The van der Waals surface area contributed by atoms with Gasteiger partial charge in [-0.25, -0.2) is 4.39 Å². The summed E-state index contributed by atoms with van der Waals surface area (Å²) >= 11 is 0. The first-order valence-corrected chi connectivity index (χ1v) is 13.1. The first-order chi connectivity index (χ1) is 17.6. The lowest BCUT2D eigenvalue weighted by atomic mass is 9.83. The number of hydrogen-bond acceptors (Lipinski definition) is 6. The summed E-state index contributed by atoms with van der Waals surface area (Å²) in [6, 6.07) is 13.0. The molecule has 0 aliphatic carbocycles. The number of nitrogens with zero attached hydrogens (tertiary/aromatic N) is 3. The second-order valence-corrected chi connectivity index (χ2v) is 10.0. The van der Waals surface area contributed by atoms with Crippen LogP contribution in [-0.4, -0.2) is 87.9 Å². The van der Waals surface area contributed by atoms with Crippen molar-refractivity contribution >= 4 is 11.6 Å². The van der Waals surface area contributed by atoms with Crippen molar-refractivity contribution in [2.24, 2.45) is 5.92 Å². The van der Waals surface area contributed by atoms with E-state index in [0.29, 0.717) is 6.54 Å². The molecule has 3 heterocycles. The number of rotatable bonds is 8. The van der Waals surface area contributed by atoms with Gasteiger partial charge in [0, 0.05) is 57.6 Å². The highest BCUT2D eigenvalue weighted by molar-refractivity contribution is 5.82. The molecule has 36 heavy (non-hydrogen) atoms. The van der Waals surface area contributed by atoms with Crippen LogP contribution >= 0.6 is 0 Å². The third-order valence-corrected chi connectivity index (χ3v) is 7.72. The number of carbonyl (C=O) groups is 1. The van der Waals surface area contributed by atoms with Gasteiger partial charge >= 0.3 is 0 Å². The van der Waals surface area contributed by atoms with Gasteiger partial charge in [-0.2, -0.15) is 0 Å². The summed E-state index contributed by atoms with van der Waals surface area (Å²) in [5.41, 5.74) is 3.47. The van der Waals surface area contributed by atoms with Crippen molar-refractivity contribution in [1.29, 1.82) is 0 Å². The second kappa shape index (κ2) is 11.6. The number of carbonyl (C=O) groups excluding carboxylic acids is 1. The zero-order valence-electron chi connectivity index (χ0n) is 21.1. The molecule has 0 unspecified atom stereocenters. The van der Waals surface area contributed by atoms with Gasteiger partial charge in [-0.15, -0.1) is 0 Å². The van der Waals surface area contributed by atoms with E-state index < -0.39 is 0 Å². The van der Waals surface area contributed by atoms with Crippen LogP contribution in [0.2, 0.25) is 0 Å². The summed E-state index contributed by atoms with van der Waals surface area (Å²) in [7, 11) is 1.69. The average molecular weight is 497 g/mol. The molecule has 0 radical (unpaired) electrons. The maximum Gasteiger partial charge on any atom is 0.225 e. The van der Waals surface area contributed by atoms with Crippen LogP contribution in [0.1, 0.15) is 17.5 Å². The molecule has 2 saturated heterocycles. The summed E-state index contributed by atoms with van der Waals surface area (Å²) in [5.74, 6) is 0.640. The molecule has 3 aliphatic rings. The van der Waals surface area contributed by atoms with Crippen molar-refractivity contribution in [2.45, 2.75) is 25.4 Å². The molecule has 0 saturated carbocycles. The largest absolute Gasteiger partial charge is 0.497 e. The van der Waals surface area contributed by atoms with E-state index in [2.05, 4.69) is 32.1 Å². The molecule has 5 rings (SSSR count). The molecule has 0 bridgehead atoms. The number of morpholine rings is 1. The molecular formula is C28H37FN4O3. The SMILES string of the molecule is COc1ccc2c(c1)N1CCN(Cc3ccc(F)cc3)C[C@@H]1[C@@H](C(=O)NCCCN1CCOCC1)C2. The number of hydrogen-bond donors (Lipinski definition) is 1. The molecule has 2 atom stereocenters. The van der Waals surface area contributed by atoms with Gasteiger partial charge in [-0.3, -0.25) is 14.6 Å². The van der Waals surface area contributed by atoms with Crippen molar-refractivity contribution in [2.75, 3.05) is 71.0 Å². The number of amides is 1. The fourth-order valence-corrected chi connectivity index (χ4v) is 5.73. The summed E-state index contributed by atoms with van der Waals surface area (Å²) < 4.78 is 24.3. The Morgan fingerprint density at radius 3 is 2.67 bits per heavy atom. The second-order valence-electron chi connectivity index (χ2n) is 10.0. The summed E-state index contributed by atoms with van der Waals surface area (Å²) in [6.45, 7) is 8.48. The Bertz CT molecular complexity index is 1030. The van der Waals surface area contributed by atoms with E-state index in [0.717, 1.165) is 83.2 Å². The fraction of sp³-hybridized carbons (Fsp3) is 0.536. The van der Waals surface area contributed by atoms with E-state index in [9.17, 15) is 9.18 Å². The average Bonchev–Trinajstić information content (AvgIpc) is 2.92. The minimum absolute atomic E-state index is 0.0815. The molecular weight excluding hydrogens is 459 g/mol. The van der Waals surface area contributed by atoms with E-state index in [-0.39, 0.29) is 23.7 Å². The van der Waals surface area contributed by atoms with E-state index >= 15 is 0 Å². The molecule has 7 nitrogen and oxygen atoms in total. The third kappa shape index (κ3) is 5.82. The van der Waals surface area contributed by atoms with Gasteiger partial charge in [0.05, 0.1) is 32.3 Å². The van der Waals surface area contributed by atoms with Crippen LogP contribution in [0.4, 0.5) is 10.1 Å². The van der Waals surface area contributed by atoms with E-state index in [1.54, 1.807) is 7.11 Å². The van der Waals surface area contributed by atoms with Crippen molar-refractivity contribution in [1.82, 2.24) is 15.1 Å². The molecule has 0 aromatic heterocycles. The number of anilines is 1. The smallest absolute Gasteiger partial charge is 0.225 e. The van der Waals surface area contributed by atoms with Crippen LogP contribution in [0.25, 0.3) is 0 Å². The maximum absolute atomic E-state index is 13.5. The monoisotopic (exact) mass is 496 g/mol. The minimum atomic E-state index is -0.216. The minimum Gasteiger partial charge on any atom is -0.497 e. The molecule has 8 heteroatoms. The number of benzene rings is 2. The fourth-order valence-electron chi connectivity index (χ4n) is 5.73. The Kier molecular flexibility index (Phi) is 8.04. The number of ether oxygens (including phenoxy) is 2. The third-order valence-electron chi connectivity index (χ3n) is 7.72. The lowest BCUT2D eigenvalue weighted by Gasteiger charge is -2.49. The van der Waals surface area contributed by atoms with Gasteiger partial charge in [0.25, 0.3) is 0 Å². The molecule has 1 N–H and O–H groups in total. The Balaban J connectivity index is 1.27. The summed E-state index contributed by atoms with van der Waals surface area (Å²) in [6.07, 6.45) is 1.66. The predicted octanol–water partition coefficient (Wildman–Crippen LogP) is 2.54. The lowest BCUT2D eigenvalue weighted by Crippen LogP contribution is -2.61. The van der Waals surface area contributed by atoms with Crippen molar-refractivity contribution in [3.63, 3.8) is 0 Å². The maximum atomic E-state index is 13.5. The van der Waals surface area contributed by atoms with Gasteiger partial charge in [0.15, 0.2) is 0 Å². The molecule has 1 amide bonds. The highest BCUT2D eigenvalue weighted by atomic mass is 19.1. The molecule has 2 aromatic carbocycles. The number of fused-ring (bicyclic) bond motifs is 3. The highest BCUT2D eigenvalue weighted by Crippen LogP contribution is 2.38. The Labute approximate surface area is 213 Å². The van der Waals surface area contributed by atoms with Crippen LogP contribution in [0.3, 0.4) is 0 Å². The quantitative estimate of drug-likeness (QED) is 0.567. The Hall–Kier alpha value is -2.68. The van der Waals surface area contributed by atoms with Crippen molar-refractivity contribution in [3.8, 4) is 5.75 Å². The Morgan fingerprint density at radius 1 is 1.08 bits per heavy atom. The van der Waals surface area contributed by atoms with Gasteiger partial charge in [-0.05, 0) is 48.7 Å². The van der Waals surface area contributed by atoms with Crippen LogP contribution in [0, 0.1) is 11.7 Å². The highest BCUT2D eigenvalue weighted by Gasteiger charge is 2.41. The van der Waals surface area contributed by atoms with Gasteiger partial charge in [-0.1, -0.05) is 18.2 Å². The van der Waals surface area contributed by atoms with Crippen LogP contribution in [0.5, 0.6) is 5.75 Å². The zero-order chi connectivity index (χ0) is 24.9. The number of halogens is 1. The van der Waals surface area contributed by atoms with Crippen LogP contribution in [-0.2, 0) is 22.5 Å². The normalized spacial score (nSPS) is 22.6. The molecule has 194 valence electrons. The predicted molar refractivity (Wildman–Crippen MR) is 138 cm³/mol. The topological polar surface area (TPSA) is 57.3 Å². The lowest BCUT2D eigenvalue weighted by molar-refractivity contribution is -0.126. The number of nitrogens with one attached hydrogen (secondary N) is 1. The van der Waals surface area contributed by atoms with Crippen LogP contribution in [0.15, 0.2) is 42.5 Å². The van der Waals surface area contributed by atoms with E-state index in [1.165, 1.54) is 23.4 Å². The van der Waals surface area contributed by atoms with E-state index in [1.807, 2.05) is 18.2 Å². The molecule has 2 aromatic rings. The first-order valence-electron chi connectivity index (χ1n) is 13.1. The summed E-state index contributed by atoms with van der Waals surface area (Å²) in [5, 5.41) is 3.24. The molecule has 0 spiro atoms. The van der Waals surface area contributed by atoms with Gasteiger partial charge in [0.2, 0.25) is 5.91 Å². The number of methoxy groups -OCH3 is 1. The number of piperazine rings is 1. The molecule has 3 aliphatic heterocycles. The first kappa shape index (κ1) is 25.0. The van der Waals surface area contributed by atoms with E-state index in [4.69, 9.17) is 9.47 Å². The van der Waals surface area contributed by atoms with Gasteiger partial charge in [0.1, 0.15) is 11.6 Å².